The van der Waals surface area contributed by atoms with Gasteiger partial charge in [-0.05, 0) is 30.0 Å². The predicted octanol–water partition coefficient (Wildman–Crippen LogP) is 3.79. The minimum absolute atomic E-state index is 0.864. The quantitative estimate of drug-likeness (QED) is 0.781. The monoisotopic (exact) mass is 221 g/mol. The molecule has 1 heterocycles. The Balaban J connectivity index is 2.33. The van der Waals surface area contributed by atoms with E-state index in [9.17, 15) is 0 Å². The van der Waals surface area contributed by atoms with E-state index in [-0.39, 0.29) is 0 Å². The van der Waals surface area contributed by atoms with Crippen LogP contribution in [0.15, 0.2) is 44.8 Å². The SMILES string of the molecule is Cc1cccc(N)c1Sc1cccs1. The first-order chi connectivity index (χ1) is 6.77. The van der Waals surface area contributed by atoms with Gasteiger partial charge in [-0.15, -0.1) is 11.3 Å². The number of nitrogen functional groups attached to an aromatic ring is 1. The van der Waals surface area contributed by atoms with Gasteiger partial charge in [0.05, 0.1) is 4.21 Å². The van der Waals surface area contributed by atoms with Gasteiger partial charge in [-0.2, -0.15) is 0 Å². The highest BCUT2D eigenvalue weighted by molar-refractivity contribution is 8.01. The van der Waals surface area contributed by atoms with E-state index in [4.69, 9.17) is 5.73 Å². The van der Waals surface area contributed by atoms with Gasteiger partial charge in [0.2, 0.25) is 0 Å². The minimum Gasteiger partial charge on any atom is -0.398 e. The molecule has 0 radical (unpaired) electrons. The van der Waals surface area contributed by atoms with Crippen LogP contribution in [0, 0.1) is 6.92 Å². The topological polar surface area (TPSA) is 26.0 Å². The third-order valence-electron chi connectivity index (χ3n) is 1.94. The molecular weight excluding hydrogens is 210 g/mol. The summed E-state index contributed by atoms with van der Waals surface area (Å²) < 4.78 is 1.28. The zero-order chi connectivity index (χ0) is 9.97. The molecular formula is C11H11NS2. The minimum atomic E-state index is 0.864. The molecule has 2 rings (SSSR count). The molecule has 0 fully saturated rings. The first kappa shape index (κ1) is 9.62. The van der Waals surface area contributed by atoms with Crippen molar-refractivity contribution in [3.8, 4) is 0 Å². The molecule has 0 spiro atoms. The molecule has 72 valence electrons. The summed E-state index contributed by atoms with van der Waals surface area (Å²) in [5.74, 6) is 0. The van der Waals surface area contributed by atoms with Crippen molar-refractivity contribution >= 4 is 28.8 Å². The number of thiophene rings is 1. The van der Waals surface area contributed by atoms with Crippen molar-refractivity contribution in [1.82, 2.24) is 0 Å². The van der Waals surface area contributed by atoms with E-state index < -0.39 is 0 Å². The van der Waals surface area contributed by atoms with E-state index >= 15 is 0 Å². The average Bonchev–Trinajstić information content (AvgIpc) is 2.64. The van der Waals surface area contributed by atoms with Gasteiger partial charge in [-0.1, -0.05) is 30.0 Å². The van der Waals surface area contributed by atoms with E-state index in [0.717, 1.165) is 5.69 Å². The Morgan fingerprint density at radius 1 is 1.21 bits per heavy atom. The van der Waals surface area contributed by atoms with Crippen molar-refractivity contribution in [3.05, 3.63) is 41.3 Å². The lowest BCUT2D eigenvalue weighted by Crippen LogP contribution is -1.89. The molecule has 0 amide bonds. The zero-order valence-electron chi connectivity index (χ0n) is 7.86. The second kappa shape index (κ2) is 4.07. The van der Waals surface area contributed by atoms with Crippen LogP contribution in [-0.4, -0.2) is 0 Å². The first-order valence-electron chi connectivity index (χ1n) is 4.34. The van der Waals surface area contributed by atoms with Gasteiger partial charge in [0.15, 0.2) is 0 Å². The average molecular weight is 221 g/mol. The standard InChI is InChI=1S/C11H11NS2/c1-8-4-2-5-9(12)11(8)14-10-6-3-7-13-10/h2-7H,12H2,1H3. The number of hydrogen-bond donors (Lipinski definition) is 1. The van der Waals surface area contributed by atoms with Gasteiger partial charge in [0.25, 0.3) is 0 Å². The second-order valence-electron chi connectivity index (χ2n) is 3.03. The number of anilines is 1. The summed E-state index contributed by atoms with van der Waals surface area (Å²) in [6.45, 7) is 2.09. The highest BCUT2D eigenvalue weighted by Gasteiger charge is 2.04. The molecule has 14 heavy (non-hydrogen) atoms. The van der Waals surface area contributed by atoms with Gasteiger partial charge >= 0.3 is 0 Å². The molecule has 0 atom stereocenters. The molecule has 2 N–H and O–H groups in total. The van der Waals surface area contributed by atoms with Crippen LogP contribution in [0.3, 0.4) is 0 Å². The Hall–Kier alpha value is -0.930. The lowest BCUT2D eigenvalue weighted by molar-refractivity contribution is 1.31. The van der Waals surface area contributed by atoms with Gasteiger partial charge in [-0.25, -0.2) is 0 Å². The molecule has 2 aromatic rings. The van der Waals surface area contributed by atoms with Crippen LogP contribution in [-0.2, 0) is 0 Å². The lowest BCUT2D eigenvalue weighted by atomic mass is 10.2. The third-order valence-corrected chi connectivity index (χ3v) is 4.24. The van der Waals surface area contributed by atoms with E-state index in [1.807, 2.05) is 12.1 Å². The van der Waals surface area contributed by atoms with Gasteiger partial charge < -0.3 is 5.73 Å². The van der Waals surface area contributed by atoms with Crippen molar-refractivity contribution in [2.45, 2.75) is 16.0 Å². The largest absolute Gasteiger partial charge is 0.398 e. The van der Waals surface area contributed by atoms with Crippen molar-refractivity contribution in [2.24, 2.45) is 0 Å². The van der Waals surface area contributed by atoms with Crippen LogP contribution in [0.2, 0.25) is 0 Å². The Bertz CT molecular complexity index is 401. The Morgan fingerprint density at radius 2 is 2.07 bits per heavy atom. The highest BCUT2D eigenvalue weighted by Crippen LogP contribution is 2.36. The summed E-state index contributed by atoms with van der Waals surface area (Å²) >= 11 is 3.48. The maximum atomic E-state index is 5.92. The van der Waals surface area contributed by atoms with Gasteiger partial charge in [0, 0.05) is 10.6 Å². The normalized spacial score (nSPS) is 10.4. The summed E-state index contributed by atoms with van der Waals surface area (Å²) in [5.41, 5.74) is 8.03. The Labute approximate surface area is 92.0 Å². The van der Waals surface area contributed by atoms with E-state index in [1.165, 1.54) is 14.7 Å². The number of hydrogen-bond acceptors (Lipinski definition) is 3. The Morgan fingerprint density at radius 3 is 2.71 bits per heavy atom. The third kappa shape index (κ3) is 1.94. The number of aryl methyl sites for hydroxylation is 1. The number of benzene rings is 1. The predicted molar refractivity (Wildman–Crippen MR) is 64.0 cm³/mol. The van der Waals surface area contributed by atoms with Crippen LogP contribution >= 0.6 is 23.1 Å². The zero-order valence-corrected chi connectivity index (χ0v) is 9.49. The van der Waals surface area contributed by atoms with Crippen molar-refractivity contribution < 1.29 is 0 Å². The lowest BCUT2D eigenvalue weighted by Gasteiger charge is -2.06. The van der Waals surface area contributed by atoms with E-state index in [2.05, 4.69) is 30.5 Å². The summed E-state index contributed by atoms with van der Waals surface area (Å²) in [7, 11) is 0. The van der Waals surface area contributed by atoms with Gasteiger partial charge in [0.1, 0.15) is 0 Å². The molecule has 1 aromatic heterocycles. The summed E-state index contributed by atoms with van der Waals surface area (Å²) in [6.07, 6.45) is 0. The molecule has 3 heteroatoms. The number of rotatable bonds is 2. The molecule has 0 aliphatic carbocycles. The van der Waals surface area contributed by atoms with E-state index in [1.54, 1.807) is 23.1 Å². The van der Waals surface area contributed by atoms with Crippen LogP contribution < -0.4 is 5.73 Å². The maximum absolute atomic E-state index is 5.92. The van der Waals surface area contributed by atoms with Crippen molar-refractivity contribution in [2.75, 3.05) is 5.73 Å². The molecule has 0 saturated carbocycles. The first-order valence-corrected chi connectivity index (χ1v) is 6.03. The highest BCUT2D eigenvalue weighted by atomic mass is 32.2. The summed E-state index contributed by atoms with van der Waals surface area (Å²) in [4.78, 5) is 1.18. The molecule has 0 aliphatic rings. The van der Waals surface area contributed by atoms with Crippen molar-refractivity contribution in [3.63, 3.8) is 0 Å². The molecule has 0 aliphatic heterocycles. The molecule has 1 nitrogen and oxygen atoms in total. The molecule has 1 aromatic carbocycles. The summed E-state index contributed by atoms with van der Waals surface area (Å²) in [6, 6.07) is 10.2. The Kier molecular flexibility index (Phi) is 2.79. The molecule has 0 bridgehead atoms. The fourth-order valence-corrected chi connectivity index (χ4v) is 3.06. The van der Waals surface area contributed by atoms with Crippen molar-refractivity contribution in [1.29, 1.82) is 0 Å². The smallest absolute Gasteiger partial charge is 0.0647 e. The second-order valence-corrected chi connectivity index (χ2v) is 5.29. The van der Waals surface area contributed by atoms with Crippen LogP contribution in [0.1, 0.15) is 5.56 Å². The van der Waals surface area contributed by atoms with Gasteiger partial charge in [-0.3, -0.25) is 0 Å². The maximum Gasteiger partial charge on any atom is 0.0647 e. The summed E-state index contributed by atoms with van der Waals surface area (Å²) in [5, 5.41) is 2.08. The van der Waals surface area contributed by atoms with Crippen LogP contribution in [0.5, 0.6) is 0 Å². The fourth-order valence-electron chi connectivity index (χ4n) is 1.24. The van der Waals surface area contributed by atoms with Crippen LogP contribution in [0.4, 0.5) is 5.69 Å². The molecule has 0 unspecified atom stereocenters. The number of nitrogens with two attached hydrogens (primary N) is 1. The fraction of sp³-hybridized carbons (Fsp3) is 0.0909. The van der Waals surface area contributed by atoms with Crippen LogP contribution in [0.25, 0.3) is 0 Å². The van der Waals surface area contributed by atoms with E-state index in [0.29, 0.717) is 0 Å². The molecule has 0 saturated heterocycles.